The Kier molecular flexibility index (Phi) is 6.24. The number of nitro groups is 1. The highest BCUT2D eigenvalue weighted by Crippen LogP contribution is 2.40. The number of amides is 1. The molecule has 29 heavy (non-hydrogen) atoms. The fraction of sp³-hybridized carbons (Fsp3) is 0.400. The average molecular weight is 437 g/mol. The standard InChI is InChI=1S/C20H21ClN2O5S/c1-10(2)28-20(25)17-13-6-4-11(3)8-16(13)29-19(17)22-18(24)12-5-7-14(21)15(9-12)23(26)27/h5,7,9-11H,4,6,8H2,1-3H3,(H,22,24)/t11-/m1/s1. The van der Waals surface area contributed by atoms with Crippen LogP contribution in [0.1, 0.15) is 58.3 Å². The molecule has 1 aromatic heterocycles. The lowest BCUT2D eigenvalue weighted by Gasteiger charge is -2.18. The average Bonchev–Trinajstić information content (AvgIpc) is 2.97. The number of rotatable bonds is 5. The molecule has 1 heterocycles. The van der Waals surface area contributed by atoms with Gasteiger partial charge in [-0.2, -0.15) is 0 Å². The van der Waals surface area contributed by atoms with Gasteiger partial charge >= 0.3 is 5.97 Å². The van der Waals surface area contributed by atoms with Crippen molar-refractivity contribution >= 4 is 45.5 Å². The van der Waals surface area contributed by atoms with Crippen LogP contribution in [-0.4, -0.2) is 22.9 Å². The normalized spacial score (nSPS) is 15.7. The molecular weight excluding hydrogens is 416 g/mol. The van der Waals surface area contributed by atoms with E-state index >= 15 is 0 Å². The van der Waals surface area contributed by atoms with Crippen molar-refractivity contribution in [1.29, 1.82) is 0 Å². The number of hydrogen-bond acceptors (Lipinski definition) is 6. The van der Waals surface area contributed by atoms with Crippen LogP contribution in [0.4, 0.5) is 10.7 Å². The minimum Gasteiger partial charge on any atom is -0.459 e. The second kappa shape index (κ2) is 8.51. The number of thiophene rings is 1. The molecule has 0 fully saturated rings. The topological polar surface area (TPSA) is 98.5 Å². The molecule has 9 heteroatoms. The number of nitrogens with zero attached hydrogens (tertiary/aromatic N) is 1. The Balaban J connectivity index is 1.96. The second-order valence-corrected chi connectivity index (χ2v) is 8.90. The molecule has 2 aromatic rings. The number of fused-ring (bicyclic) bond motifs is 1. The highest BCUT2D eigenvalue weighted by molar-refractivity contribution is 7.17. The summed E-state index contributed by atoms with van der Waals surface area (Å²) >= 11 is 7.19. The lowest BCUT2D eigenvalue weighted by atomic mass is 9.88. The zero-order valence-corrected chi connectivity index (χ0v) is 17.9. The van der Waals surface area contributed by atoms with Gasteiger partial charge in [0.05, 0.1) is 16.6 Å². The lowest BCUT2D eigenvalue weighted by Crippen LogP contribution is -2.18. The highest BCUT2D eigenvalue weighted by atomic mass is 35.5. The molecule has 0 aliphatic heterocycles. The fourth-order valence-electron chi connectivity index (χ4n) is 3.30. The lowest BCUT2D eigenvalue weighted by molar-refractivity contribution is -0.384. The summed E-state index contributed by atoms with van der Waals surface area (Å²) in [5.74, 6) is -0.517. The van der Waals surface area contributed by atoms with Crippen molar-refractivity contribution in [2.24, 2.45) is 5.92 Å². The van der Waals surface area contributed by atoms with Crippen LogP contribution in [0, 0.1) is 16.0 Å². The molecule has 0 bridgehead atoms. The maximum atomic E-state index is 12.8. The van der Waals surface area contributed by atoms with Crippen molar-refractivity contribution in [2.75, 3.05) is 5.32 Å². The predicted octanol–water partition coefficient (Wildman–Crippen LogP) is 5.25. The number of nitrogens with one attached hydrogen (secondary N) is 1. The van der Waals surface area contributed by atoms with Crippen molar-refractivity contribution in [3.05, 3.63) is 54.9 Å². The number of ether oxygens (including phenoxy) is 1. The molecular formula is C20H21ClN2O5S. The maximum absolute atomic E-state index is 12.8. The van der Waals surface area contributed by atoms with Crippen LogP contribution in [0.25, 0.3) is 0 Å². The molecule has 3 rings (SSSR count). The summed E-state index contributed by atoms with van der Waals surface area (Å²) in [6.45, 7) is 5.69. The SMILES string of the molecule is CC(C)OC(=O)c1c(NC(=O)c2ccc(Cl)c([N+](=O)[O-])c2)sc2c1CC[C@@H](C)C2. The molecule has 0 saturated heterocycles. The molecule has 7 nitrogen and oxygen atoms in total. The second-order valence-electron chi connectivity index (χ2n) is 7.39. The molecule has 1 amide bonds. The van der Waals surface area contributed by atoms with Gasteiger partial charge in [0.25, 0.3) is 11.6 Å². The van der Waals surface area contributed by atoms with E-state index in [9.17, 15) is 19.7 Å². The van der Waals surface area contributed by atoms with Crippen molar-refractivity contribution < 1.29 is 19.2 Å². The van der Waals surface area contributed by atoms with Gasteiger partial charge in [0, 0.05) is 16.5 Å². The summed E-state index contributed by atoms with van der Waals surface area (Å²) in [7, 11) is 0. The van der Waals surface area contributed by atoms with E-state index in [0.717, 1.165) is 35.8 Å². The molecule has 1 aliphatic rings. The summed E-state index contributed by atoms with van der Waals surface area (Å²) in [6.07, 6.45) is 2.26. The van der Waals surface area contributed by atoms with Crippen LogP contribution in [0.5, 0.6) is 0 Å². The van der Waals surface area contributed by atoms with Gasteiger partial charge in [-0.1, -0.05) is 18.5 Å². The van der Waals surface area contributed by atoms with E-state index in [2.05, 4.69) is 12.2 Å². The summed E-state index contributed by atoms with van der Waals surface area (Å²) in [4.78, 5) is 37.0. The number of halogens is 1. The molecule has 1 aromatic carbocycles. The summed E-state index contributed by atoms with van der Waals surface area (Å²) in [6, 6.07) is 3.84. The largest absolute Gasteiger partial charge is 0.459 e. The smallest absolute Gasteiger partial charge is 0.341 e. The van der Waals surface area contributed by atoms with E-state index < -0.39 is 16.8 Å². The number of esters is 1. The third-order valence-corrected chi connectivity index (χ3v) is 6.18. The first-order chi connectivity index (χ1) is 13.7. The first-order valence-electron chi connectivity index (χ1n) is 9.28. The number of carbonyl (C=O) groups is 2. The monoisotopic (exact) mass is 436 g/mol. The molecule has 0 saturated carbocycles. The van der Waals surface area contributed by atoms with Crippen LogP contribution in [0.3, 0.4) is 0 Å². The zero-order chi connectivity index (χ0) is 21.3. The Morgan fingerprint density at radius 1 is 1.38 bits per heavy atom. The molecule has 1 aliphatic carbocycles. The van der Waals surface area contributed by atoms with Crippen molar-refractivity contribution in [3.8, 4) is 0 Å². The number of carbonyl (C=O) groups excluding carboxylic acids is 2. The summed E-state index contributed by atoms with van der Waals surface area (Å²) < 4.78 is 5.39. The van der Waals surface area contributed by atoms with Gasteiger partial charge in [0.1, 0.15) is 10.0 Å². The Hall–Kier alpha value is -2.45. The molecule has 154 valence electrons. The van der Waals surface area contributed by atoms with Gasteiger partial charge in [-0.15, -0.1) is 11.3 Å². The Morgan fingerprint density at radius 3 is 2.76 bits per heavy atom. The van der Waals surface area contributed by atoms with Crippen LogP contribution in [0.15, 0.2) is 18.2 Å². The van der Waals surface area contributed by atoms with E-state index in [1.54, 1.807) is 13.8 Å². The van der Waals surface area contributed by atoms with E-state index in [0.29, 0.717) is 16.5 Å². The minimum atomic E-state index is -0.643. The molecule has 0 radical (unpaired) electrons. The van der Waals surface area contributed by atoms with Crippen LogP contribution in [-0.2, 0) is 17.6 Å². The number of nitro benzene ring substituents is 1. The van der Waals surface area contributed by atoms with Gasteiger partial charge in [0.15, 0.2) is 0 Å². The minimum absolute atomic E-state index is 0.0478. The van der Waals surface area contributed by atoms with Crippen molar-refractivity contribution in [2.45, 2.75) is 46.1 Å². The van der Waals surface area contributed by atoms with Crippen molar-refractivity contribution in [1.82, 2.24) is 0 Å². The van der Waals surface area contributed by atoms with E-state index in [-0.39, 0.29) is 22.4 Å². The number of anilines is 1. The molecule has 1 N–H and O–H groups in total. The Morgan fingerprint density at radius 2 is 2.10 bits per heavy atom. The first kappa shape index (κ1) is 21.3. The van der Waals surface area contributed by atoms with Gasteiger partial charge in [-0.3, -0.25) is 14.9 Å². The summed E-state index contributed by atoms with van der Waals surface area (Å²) in [5, 5.41) is 14.2. The van der Waals surface area contributed by atoms with Gasteiger partial charge in [0.2, 0.25) is 0 Å². The first-order valence-corrected chi connectivity index (χ1v) is 10.5. The van der Waals surface area contributed by atoms with E-state index in [4.69, 9.17) is 16.3 Å². The predicted molar refractivity (Wildman–Crippen MR) is 112 cm³/mol. The number of hydrogen-bond donors (Lipinski definition) is 1. The Bertz CT molecular complexity index is 985. The highest BCUT2D eigenvalue weighted by Gasteiger charge is 2.30. The fourth-order valence-corrected chi connectivity index (χ4v) is 4.88. The number of benzene rings is 1. The zero-order valence-electron chi connectivity index (χ0n) is 16.3. The van der Waals surface area contributed by atoms with Crippen LogP contribution in [0.2, 0.25) is 5.02 Å². The van der Waals surface area contributed by atoms with Crippen LogP contribution < -0.4 is 5.32 Å². The third-order valence-electron chi connectivity index (χ3n) is 4.69. The summed E-state index contributed by atoms with van der Waals surface area (Å²) in [5.41, 5.74) is 1.06. The maximum Gasteiger partial charge on any atom is 0.341 e. The van der Waals surface area contributed by atoms with Gasteiger partial charge in [-0.25, -0.2) is 4.79 Å². The molecule has 1 atom stereocenters. The van der Waals surface area contributed by atoms with E-state index in [1.165, 1.54) is 23.5 Å². The van der Waals surface area contributed by atoms with Gasteiger partial charge in [-0.05, 0) is 56.7 Å². The molecule has 0 spiro atoms. The third kappa shape index (κ3) is 4.59. The van der Waals surface area contributed by atoms with Crippen molar-refractivity contribution in [3.63, 3.8) is 0 Å². The van der Waals surface area contributed by atoms with E-state index in [1.807, 2.05) is 0 Å². The van der Waals surface area contributed by atoms with Crippen LogP contribution >= 0.6 is 22.9 Å². The molecule has 0 unspecified atom stereocenters. The Labute approximate surface area is 177 Å². The quantitative estimate of drug-likeness (QED) is 0.392. The van der Waals surface area contributed by atoms with Gasteiger partial charge < -0.3 is 10.1 Å².